The van der Waals surface area contributed by atoms with Crippen LogP contribution in [0.3, 0.4) is 0 Å². The highest BCUT2D eigenvalue weighted by Gasteiger charge is 2.32. The Morgan fingerprint density at radius 2 is 1.78 bits per heavy atom. The number of carbonyl (C=O) groups is 2. The molecule has 1 aliphatic rings. The summed E-state index contributed by atoms with van der Waals surface area (Å²) in [5.74, 6) is -0.393. The Morgan fingerprint density at radius 3 is 2.41 bits per heavy atom. The Kier molecular flexibility index (Phi) is 5.72. The van der Waals surface area contributed by atoms with Gasteiger partial charge in [0.1, 0.15) is 11.6 Å². The van der Waals surface area contributed by atoms with Gasteiger partial charge in [0.05, 0.1) is 29.3 Å². The summed E-state index contributed by atoms with van der Waals surface area (Å²) in [5, 5.41) is 3.18. The average Bonchev–Trinajstić information content (AvgIpc) is 3.63. The molecule has 164 valence electrons. The molecule has 0 spiro atoms. The zero-order chi connectivity index (χ0) is 22.8. The summed E-state index contributed by atoms with van der Waals surface area (Å²) in [6.45, 7) is 0. The summed E-state index contributed by atoms with van der Waals surface area (Å²) in [4.78, 5) is 35.6. The number of benzene rings is 1. The first-order valence-electron chi connectivity index (χ1n) is 10.1. The van der Waals surface area contributed by atoms with Gasteiger partial charge in [-0.25, -0.2) is 9.37 Å². The van der Waals surface area contributed by atoms with Crippen LogP contribution >= 0.6 is 0 Å². The summed E-state index contributed by atoms with van der Waals surface area (Å²) in [5.41, 5.74) is 8.17. The summed E-state index contributed by atoms with van der Waals surface area (Å²) < 4.78 is 13.6. The molecule has 3 N–H and O–H groups in total. The van der Waals surface area contributed by atoms with E-state index < -0.39 is 11.7 Å². The summed E-state index contributed by atoms with van der Waals surface area (Å²) >= 11 is 0. The van der Waals surface area contributed by atoms with Gasteiger partial charge in [-0.2, -0.15) is 0 Å². The minimum atomic E-state index is -0.650. The van der Waals surface area contributed by atoms with Crippen LogP contribution in [0.4, 0.5) is 33.0 Å². The largest absolute Gasteiger partial charge is 0.365 e. The van der Waals surface area contributed by atoms with E-state index in [-0.39, 0.29) is 17.4 Å². The molecule has 0 atom stereocenters. The fourth-order valence-corrected chi connectivity index (χ4v) is 3.35. The number of pyridine rings is 2. The van der Waals surface area contributed by atoms with Gasteiger partial charge < -0.3 is 20.9 Å². The molecule has 1 aromatic carbocycles. The van der Waals surface area contributed by atoms with Crippen molar-refractivity contribution in [3.8, 4) is 0 Å². The van der Waals surface area contributed by atoms with Crippen LogP contribution in [0.5, 0.6) is 0 Å². The van der Waals surface area contributed by atoms with Crippen LogP contribution in [-0.4, -0.2) is 35.9 Å². The lowest BCUT2D eigenvalue weighted by Crippen LogP contribution is -2.27. The Bertz CT molecular complexity index is 1160. The lowest BCUT2D eigenvalue weighted by Gasteiger charge is -2.22. The van der Waals surface area contributed by atoms with Crippen molar-refractivity contribution >= 4 is 40.4 Å². The zero-order valence-corrected chi connectivity index (χ0v) is 17.7. The molecule has 9 heteroatoms. The maximum absolute atomic E-state index is 13.6. The molecule has 1 aliphatic carbocycles. The molecule has 1 saturated carbocycles. The molecule has 0 saturated heterocycles. The number of hydrogen-bond donors (Lipinski definition) is 2. The van der Waals surface area contributed by atoms with E-state index in [9.17, 15) is 14.0 Å². The average molecular weight is 434 g/mol. The number of anilines is 5. The van der Waals surface area contributed by atoms with Crippen LogP contribution in [0.1, 0.15) is 23.2 Å². The van der Waals surface area contributed by atoms with E-state index in [4.69, 9.17) is 5.73 Å². The van der Waals surface area contributed by atoms with E-state index in [0.717, 1.165) is 30.4 Å². The fraction of sp³-hybridized carbons (Fsp3) is 0.217. The van der Waals surface area contributed by atoms with Crippen molar-refractivity contribution in [2.45, 2.75) is 12.8 Å². The molecular weight excluding hydrogens is 411 g/mol. The van der Waals surface area contributed by atoms with Crippen molar-refractivity contribution < 1.29 is 14.0 Å². The lowest BCUT2D eigenvalue weighted by atomic mass is 10.2. The molecule has 2 heterocycles. The van der Waals surface area contributed by atoms with Gasteiger partial charge in [0.25, 0.3) is 5.91 Å². The summed E-state index contributed by atoms with van der Waals surface area (Å²) in [6.07, 6.45) is 5.88. The molecule has 32 heavy (non-hydrogen) atoms. The quantitative estimate of drug-likeness (QED) is 0.589. The predicted octanol–water partition coefficient (Wildman–Crippen LogP) is 3.60. The maximum atomic E-state index is 13.6. The van der Waals surface area contributed by atoms with Crippen molar-refractivity contribution in [2.75, 3.05) is 29.2 Å². The molecule has 0 unspecified atom stereocenters. The van der Waals surface area contributed by atoms with Crippen molar-refractivity contribution in [3.05, 3.63) is 66.4 Å². The summed E-state index contributed by atoms with van der Waals surface area (Å²) in [6, 6.07) is 10.4. The monoisotopic (exact) mass is 434 g/mol. The number of amides is 2. The van der Waals surface area contributed by atoms with E-state index >= 15 is 0 Å². The highest BCUT2D eigenvalue weighted by Crippen LogP contribution is 2.33. The Balaban J connectivity index is 1.57. The number of hydrogen-bond acceptors (Lipinski definition) is 6. The number of nitrogens with zero attached hydrogens (tertiary/aromatic N) is 4. The van der Waals surface area contributed by atoms with Gasteiger partial charge in [-0.15, -0.1) is 0 Å². The van der Waals surface area contributed by atoms with E-state index in [1.54, 1.807) is 30.0 Å². The summed E-state index contributed by atoms with van der Waals surface area (Å²) in [7, 11) is 3.46. The topological polar surface area (TPSA) is 104 Å². The van der Waals surface area contributed by atoms with E-state index in [1.807, 2.05) is 24.3 Å². The fourth-order valence-electron chi connectivity index (χ4n) is 3.35. The number of aromatic nitrogens is 2. The van der Waals surface area contributed by atoms with E-state index in [2.05, 4.69) is 15.3 Å². The molecule has 4 rings (SSSR count). The van der Waals surface area contributed by atoms with Crippen molar-refractivity contribution in [3.63, 3.8) is 0 Å². The Hall–Kier alpha value is -4.01. The van der Waals surface area contributed by atoms with Crippen LogP contribution in [-0.2, 0) is 4.79 Å². The first kappa shape index (κ1) is 21.2. The van der Waals surface area contributed by atoms with Gasteiger partial charge in [-0.1, -0.05) is 0 Å². The first-order valence-corrected chi connectivity index (χ1v) is 10.1. The number of halogens is 1. The van der Waals surface area contributed by atoms with Crippen LogP contribution in [0.2, 0.25) is 0 Å². The Morgan fingerprint density at radius 1 is 1.06 bits per heavy atom. The third-order valence-corrected chi connectivity index (χ3v) is 5.37. The van der Waals surface area contributed by atoms with Crippen LogP contribution in [0.25, 0.3) is 0 Å². The van der Waals surface area contributed by atoms with Gasteiger partial charge in [0, 0.05) is 49.7 Å². The number of nitrogens with two attached hydrogens (primary N) is 1. The second kappa shape index (κ2) is 8.62. The van der Waals surface area contributed by atoms with Gasteiger partial charge in [0.2, 0.25) is 5.91 Å². The van der Waals surface area contributed by atoms with Gasteiger partial charge >= 0.3 is 0 Å². The van der Waals surface area contributed by atoms with Crippen LogP contribution in [0.15, 0.2) is 55.0 Å². The highest BCUT2D eigenvalue weighted by atomic mass is 19.1. The first-order chi connectivity index (χ1) is 15.3. The third-order valence-electron chi connectivity index (χ3n) is 5.37. The minimum Gasteiger partial charge on any atom is -0.365 e. The molecule has 8 nitrogen and oxygen atoms in total. The van der Waals surface area contributed by atoms with Crippen LogP contribution in [0, 0.1) is 11.7 Å². The van der Waals surface area contributed by atoms with Gasteiger partial charge in [-0.05, 0) is 37.1 Å². The molecule has 2 amide bonds. The predicted molar refractivity (Wildman–Crippen MR) is 121 cm³/mol. The zero-order valence-electron chi connectivity index (χ0n) is 17.7. The third kappa shape index (κ3) is 4.51. The number of primary amides is 1. The molecule has 3 aromatic rings. The van der Waals surface area contributed by atoms with E-state index in [0.29, 0.717) is 17.2 Å². The molecule has 0 radical (unpaired) electrons. The molecule has 0 bridgehead atoms. The normalized spacial score (nSPS) is 12.8. The maximum Gasteiger partial charge on any atom is 0.252 e. The molecular formula is C23H23FN6O2. The van der Waals surface area contributed by atoms with Crippen molar-refractivity contribution in [1.82, 2.24) is 9.97 Å². The van der Waals surface area contributed by atoms with Crippen molar-refractivity contribution in [2.24, 2.45) is 11.7 Å². The lowest BCUT2D eigenvalue weighted by molar-refractivity contribution is -0.119. The number of rotatable bonds is 7. The smallest absolute Gasteiger partial charge is 0.252 e. The standard InChI is InChI=1S/C23H23FN6O2/c1-29(18-9-15(24)11-26-12-18)20-10-21(27-13-19(20)22(25)31)28-16-5-7-17(8-6-16)30(2)23(32)14-3-4-14/h5-14H,3-4H2,1-2H3,(H2,25,31)(H,27,28). The Labute approximate surface area is 184 Å². The molecule has 2 aromatic heterocycles. The SMILES string of the molecule is CN(C(=O)C1CC1)c1ccc(Nc2cc(N(C)c3cncc(F)c3)c(C(N)=O)cn2)cc1. The van der Waals surface area contributed by atoms with E-state index in [1.165, 1.54) is 18.5 Å². The second-order valence-corrected chi connectivity index (χ2v) is 7.71. The number of carbonyl (C=O) groups excluding carboxylic acids is 2. The highest BCUT2D eigenvalue weighted by molar-refractivity contribution is 6.00. The molecule has 0 aliphatic heterocycles. The molecule has 1 fully saturated rings. The number of nitrogens with one attached hydrogen (secondary N) is 1. The van der Waals surface area contributed by atoms with Crippen molar-refractivity contribution in [1.29, 1.82) is 0 Å². The van der Waals surface area contributed by atoms with Crippen LogP contribution < -0.4 is 20.9 Å². The second-order valence-electron chi connectivity index (χ2n) is 7.71. The van der Waals surface area contributed by atoms with Gasteiger partial charge in [-0.3, -0.25) is 14.6 Å². The minimum absolute atomic E-state index is 0.133. The van der Waals surface area contributed by atoms with Gasteiger partial charge in [0.15, 0.2) is 0 Å².